The molecule has 18 heavy (non-hydrogen) atoms. The van der Waals surface area contributed by atoms with Crippen LogP contribution in [0.1, 0.15) is 67.2 Å². The van der Waals surface area contributed by atoms with Gasteiger partial charge in [-0.3, -0.25) is 0 Å². The molecule has 0 spiro atoms. The minimum Gasteiger partial charge on any atom is -0.456 e. The molecular formula is C16H28O2. The zero-order valence-electron chi connectivity index (χ0n) is 12.9. The van der Waals surface area contributed by atoms with Crippen LogP contribution in [0.25, 0.3) is 0 Å². The number of carbonyl (C=O) groups excluding carboxylic acids is 1. The fourth-order valence-electron chi connectivity index (χ4n) is 3.91. The second-order valence-corrected chi connectivity index (χ2v) is 7.57. The molecule has 0 aromatic rings. The number of rotatable bonds is 3. The van der Waals surface area contributed by atoms with Gasteiger partial charge in [0.25, 0.3) is 0 Å². The van der Waals surface area contributed by atoms with Crippen LogP contribution in [0.15, 0.2) is 12.2 Å². The van der Waals surface area contributed by atoms with Crippen LogP contribution in [0.2, 0.25) is 0 Å². The van der Waals surface area contributed by atoms with E-state index in [-0.39, 0.29) is 22.4 Å². The van der Waals surface area contributed by atoms with Gasteiger partial charge in [0.1, 0.15) is 5.60 Å². The van der Waals surface area contributed by atoms with Gasteiger partial charge < -0.3 is 4.74 Å². The molecule has 1 aliphatic carbocycles. The third-order valence-corrected chi connectivity index (χ3v) is 3.86. The van der Waals surface area contributed by atoms with Crippen molar-refractivity contribution in [2.75, 3.05) is 0 Å². The Labute approximate surface area is 112 Å². The lowest BCUT2D eigenvalue weighted by Gasteiger charge is -2.51. The molecular weight excluding hydrogens is 224 g/mol. The van der Waals surface area contributed by atoms with E-state index in [0.717, 1.165) is 19.3 Å². The largest absolute Gasteiger partial charge is 0.456 e. The summed E-state index contributed by atoms with van der Waals surface area (Å²) in [7, 11) is 0. The average Bonchev–Trinajstić information content (AvgIpc) is 2.12. The van der Waals surface area contributed by atoms with Crippen molar-refractivity contribution < 1.29 is 9.53 Å². The molecule has 0 unspecified atom stereocenters. The molecule has 0 bridgehead atoms. The number of hydrogen-bond acceptors (Lipinski definition) is 2. The maximum absolute atomic E-state index is 11.9. The highest BCUT2D eigenvalue weighted by molar-refractivity contribution is 5.87. The summed E-state index contributed by atoms with van der Waals surface area (Å²) in [5.41, 5.74) is 0.602. The van der Waals surface area contributed by atoms with Crippen molar-refractivity contribution in [3.05, 3.63) is 12.2 Å². The fraction of sp³-hybridized carbons (Fsp3) is 0.812. The molecule has 1 aliphatic rings. The topological polar surface area (TPSA) is 26.3 Å². The number of ether oxygens (including phenoxy) is 1. The lowest BCUT2D eigenvalue weighted by Crippen LogP contribution is -2.48. The van der Waals surface area contributed by atoms with Crippen LogP contribution < -0.4 is 0 Å². The van der Waals surface area contributed by atoms with Gasteiger partial charge in [-0.15, -0.1) is 0 Å². The third-order valence-electron chi connectivity index (χ3n) is 3.86. The van der Waals surface area contributed by atoms with Gasteiger partial charge >= 0.3 is 5.97 Å². The first-order chi connectivity index (χ1) is 8.01. The summed E-state index contributed by atoms with van der Waals surface area (Å²) in [6.07, 6.45) is 3.93. The summed E-state index contributed by atoms with van der Waals surface area (Å²) in [6, 6.07) is 0. The lowest BCUT2D eigenvalue weighted by molar-refractivity contribution is -0.171. The summed E-state index contributed by atoms with van der Waals surface area (Å²) in [5.74, 6) is -0.245. The van der Waals surface area contributed by atoms with E-state index in [0.29, 0.717) is 5.57 Å². The molecule has 1 fully saturated rings. The van der Waals surface area contributed by atoms with Crippen molar-refractivity contribution in [1.29, 1.82) is 0 Å². The Balaban J connectivity index is 2.99. The minimum atomic E-state index is -0.318. The van der Waals surface area contributed by atoms with Gasteiger partial charge in [-0.1, -0.05) is 41.2 Å². The Morgan fingerprint density at radius 2 is 1.56 bits per heavy atom. The highest BCUT2D eigenvalue weighted by Gasteiger charge is 2.48. The third kappa shape index (κ3) is 3.60. The molecule has 104 valence electrons. The molecule has 0 atom stereocenters. The second-order valence-electron chi connectivity index (χ2n) is 7.57. The van der Waals surface area contributed by atoms with Crippen molar-refractivity contribution in [2.24, 2.45) is 10.8 Å². The molecule has 1 rings (SSSR count). The monoisotopic (exact) mass is 252 g/mol. The van der Waals surface area contributed by atoms with Gasteiger partial charge in [0, 0.05) is 5.57 Å². The Hall–Kier alpha value is -0.790. The maximum Gasteiger partial charge on any atom is 0.333 e. The van der Waals surface area contributed by atoms with Gasteiger partial charge in [-0.2, -0.15) is 0 Å². The van der Waals surface area contributed by atoms with Crippen molar-refractivity contribution in [3.63, 3.8) is 0 Å². The van der Waals surface area contributed by atoms with E-state index in [1.54, 1.807) is 6.92 Å². The Kier molecular flexibility index (Phi) is 4.00. The van der Waals surface area contributed by atoms with Gasteiger partial charge in [0.15, 0.2) is 0 Å². The van der Waals surface area contributed by atoms with Crippen molar-refractivity contribution in [1.82, 2.24) is 0 Å². The van der Waals surface area contributed by atoms with Crippen LogP contribution in [0.5, 0.6) is 0 Å². The molecule has 2 nitrogen and oxygen atoms in total. The molecule has 0 aromatic heterocycles. The van der Waals surface area contributed by atoms with E-state index in [1.807, 2.05) is 0 Å². The molecule has 0 saturated heterocycles. The number of esters is 1. The van der Waals surface area contributed by atoms with Gasteiger partial charge in [0.05, 0.1) is 0 Å². The lowest BCUT2D eigenvalue weighted by atomic mass is 9.59. The zero-order chi connectivity index (χ0) is 14.2. The standard InChI is InChI=1S/C16H28O2/c1-8-16(18-13(17)12(2)3)10-14(4,5)9-15(6,7)11-16/h2,8-11H2,1,3-7H3. The van der Waals surface area contributed by atoms with Crippen molar-refractivity contribution in [2.45, 2.75) is 72.8 Å². The maximum atomic E-state index is 11.9. The highest BCUT2D eigenvalue weighted by atomic mass is 16.6. The van der Waals surface area contributed by atoms with Crippen LogP contribution in [-0.4, -0.2) is 11.6 Å². The zero-order valence-corrected chi connectivity index (χ0v) is 12.9. The van der Waals surface area contributed by atoms with E-state index in [1.165, 1.54) is 6.42 Å². The van der Waals surface area contributed by atoms with Crippen molar-refractivity contribution in [3.8, 4) is 0 Å². The molecule has 0 N–H and O–H groups in total. The molecule has 0 aliphatic heterocycles. The van der Waals surface area contributed by atoms with Crippen LogP contribution in [0.3, 0.4) is 0 Å². The minimum absolute atomic E-state index is 0.215. The number of hydrogen-bond donors (Lipinski definition) is 0. The van der Waals surface area contributed by atoms with Gasteiger partial charge in [-0.05, 0) is 43.4 Å². The molecule has 1 saturated carbocycles. The molecule has 0 heterocycles. The number of carbonyl (C=O) groups is 1. The van der Waals surface area contributed by atoms with Gasteiger partial charge in [-0.25, -0.2) is 4.79 Å². The Morgan fingerprint density at radius 3 is 1.89 bits per heavy atom. The molecule has 0 radical (unpaired) electrons. The van der Waals surface area contributed by atoms with E-state index in [4.69, 9.17) is 4.74 Å². The van der Waals surface area contributed by atoms with Crippen LogP contribution in [0, 0.1) is 10.8 Å². The first kappa shape index (κ1) is 15.3. The van der Waals surface area contributed by atoms with E-state index < -0.39 is 0 Å². The Morgan fingerprint density at radius 1 is 1.11 bits per heavy atom. The van der Waals surface area contributed by atoms with Crippen molar-refractivity contribution >= 4 is 5.97 Å². The van der Waals surface area contributed by atoms with E-state index >= 15 is 0 Å². The molecule has 0 aromatic carbocycles. The predicted octanol–water partition coefficient (Wildman–Crippen LogP) is 4.49. The first-order valence-corrected chi connectivity index (χ1v) is 6.90. The second kappa shape index (κ2) is 4.71. The fourth-order valence-corrected chi connectivity index (χ4v) is 3.91. The summed E-state index contributed by atoms with van der Waals surface area (Å²) in [6.45, 7) is 16.6. The smallest absolute Gasteiger partial charge is 0.333 e. The summed E-state index contributed by atoms with van der Waals surface area (Å²) < 4.78 is 5.82. The molecule has 2 heteroatoms. The van der Waals surface area contributed by atoms with Crippen LogP contribution >= 0.6 is 0 Å². The first-order valence-electron chi connectivity index (χ1n) is 6.90. The molecule has 0 amide bonds. The van der Waals surface area contributed by atoms with Crippen LogP contribution in [-0.2, 0) is 9.53 Å². The van der Waals surface area contributed by atoms with E-state index in [2.05, 4.69) is 41.2 Å². The predicted molar refractivity (Wildman–Crippen MR) is 75.3 cm³/mol. The average molecular weight is 252 g/mol. The Bertz CT molecular complexity index is 334. The quantitative estimate of drug-likeness (QED) is 0.546. The summed E-state index contributed by atoms with van der Waals surface area (Å²) in [4.78, 5) is 11.9. The summed E-state index contributed by atoms with van der Waals surface area (Å²) >= 11 is 0. The van der Waals surface area contributed by atoms with Gasteiger partial charge in [0.2, 0.25) is 0 Å². The SMILES string of the molecule is C=C(C)C(=O)OC1(CC)CC(C)(C)CC(C)(C)C1. The normalized spacial score (nSPS) is 24.3. The van der Waals surface area contributed by atoms with Crippen LogP contribution in [0.4, 0.5) is 0 Å². The summed E-state index contributed by atoms with van der Waals surface area (Å²) in [5, 5.41) is 0. The van der Waals surface area contributed by atoms with E-state index in [9.17, 15) is 4.79 Å². The highest BCUT2D eigenvalue weighted by Crippen LogP contribution is 2.52.